The number of benzene rings is 3. The Morgan fingerprint density at radius 3 is 2.16 bits per heavy atom. The van der Waals surface area contributed by atoms with Gasteiger partial charge in [-0.1, -0.05) is 72.1 Å². The second kappa shape index (κ2) is 11.6. The molecule has 0 saturated heterocycles. The van der Waals surface area contributed by atoms with E-state index in [1.165, 1.54) is 22.3 Å². The van der Waals surface area contributed by atoms with Gasteiger partial charge in [-0.3, -0.25) is 4.79 Å². The zero-order chi connectivity index (χ0) is 27.5. The van der Waals surface area contributed by atoms with Crippen LogP contribution in [0.4, 0.5) is 5.69 Å². The largest absolute Gasteiger partial charge is 0.481 e. The van der Waals surface area contributed by atoms with Crippen LogP contribution in [0.1, 0.15) is 61.1 Å². The molecule has 1 aliphatic heterocycles. The van der Waals surface area contributed by atoms with Crippen molar-refractivity contribution in [2.24, 2.45) is 0 Å². The van der Waals surface area contributed by atoms with Crippen LogP contribution >= 0.6 is 11.9 Å². The number of carbonyl (C=O) groups is 1. The van der Waals surface area contributed by atoms with Gasteiger partial charge in [-0.15, -0.1) is 6.58 Å². The number of hydrogen-bond donors (Lipinski definition) is 2. The summed E-state index contributed by atoms with van der Waals surface area (Å²) in [5.41, 5.74) is 10.7. The summed E-state index contributed by atoms with van der Waals surface area (Å²) in [7, 11) is 0. The lowest BCUT2D eigenvalue weighted by Crippen LogP contribution is -2.28. The fourth-order valence-electron chi connectivity index (χ4n) is 5.03. The molecule has 4 nitrogen and oxygen atoms in total. The Hall–Kier alpha value is -3.02. The number of nitrogens with zero attached hydrogens (tertiary/aromatic N) is 1. The second-order valence-electron chi connectivity index (χ2n) is 10.6. The molecule has 0 unspecified atom stereocenters. The van der Waals surface area contributed by atoms with Crippen molar-refractivity contribution in [2.75, 3.05) is 10.6 Å². The molecule has 37 heavy (non-hydrogen) atoms. The second-order valence-corrected chi connectivity index (χ2v) is 11.3. The van der Waals surface area contributed by atoms with Crippen molar-refractivity contribution in [3.8, 4) is 22.3 Å². The highest BCUT2D eigenvalue weighted by molar-refractivity contribution is 8.00. The lowest BCUT2D eigenvalue weighted by Gasteiger charge is -2.41. The van der Waals surface area contributed by atoms with Gasteiger partial charge in [0.15, 0.2) is 0 Å². The molecule has 0 saturated carbocycles. The van der Waals surface area contributed by atoms with E-state index in [0.29, 0.717) is 0 Å². The summed E-state index contributed by atoms with van der Waals surface area (Å²) < 4.78 is 2.35. The minimum Gasteiger partial charge on any atom is -0.481 e. The molecule has 0 bridgehead atoms. The fraction of sp³-hybridized carbons (Fsp3) is 0.344. The number of rotatable bonds is 6. The summed E-state index contributed by atoms with van der Waals surface area (Å²) >= 11 is 1.69. The van der Waals surface area contributed by atoms with Gasteiger partial charge in [0.1, 0.15) is 0 Å². The van der Waals surface area contributed by atoms with E-state index in [4.69, 9.17) is 5.11 Å². The van der Waals surface area contributed by atoms with E-state index >= 15 is 0 Å². The van der Waals surface area contributed by atoms with Crippen LogP contribution in [0, 0.1) is 20.8 Å². The molecule has 0 amide bonds. The quantitative estimate of drug-likeness (QED) is 0.256. The first kappa shape index (κ1) is 28.5. The Balaban J connectivity index is 0.000000695. The Morgan fingerprint density at radius 1 is 1.03 bits per heavy atom. The van der Waals surface area contributed by atoms with Gasteiger partial charge in [0.2, 0.25) is 0 Å². The SMILES string of the molecule is C=CC[C@H]1c2ccccc2-c2c(C)c(-c3ccc(C)cc3)c(CC(=O)O)c(C)c2N1SC.CC(C)(C)O. The van der Waals surface area contributed by atoms with Gasteiger partial charge in [-0.2, -0.15) is 0 Å². The Morgan fingerprint density at radius 2 is 1.62 bits per heavy atom. The third-order valence-electron chi connectivity index (χ3n) is 6.44. The van der Waals surface area contributed by atoms with E-state index in [9.17, 15) is 9.90 Å². The number of aryl methyl sites for hydroxylation is 1. The highest BCUT2D eigenvalue weighted by Crippen LogP contribution is 2.54. The van der Waals surface area contributed by atoms with Gasteiger partial charge in [-0.25, -0.2) is 0 Å². The molecule has 1 aliphatic rings. The van der Waals surface area contributed by atoms with E-state index in [1.54, 1.807) is 32.7 Å². The van der Waals surface area contributed by atoms with Crippen LogP contribution in [0.15, 0.2) is 61.2 Å². The first-order chi connectivity index (χ1) is 17.4. The van der Waals surface area contributed by atoms with Gasteiger partial charge < -0.3 is 14.5 Å². The molecule has 3 aromatic rings. The van der Waals surface area contributed by atoms with Crippen molar-refractivity contribution in [1.29, 1.82) is 0 Å². The maximum Gasteiger partial charge on any atom is 0.307 e. The molecule has 2 N–H and O–H groups in total. The summed E-state index contributed by atoms with van der Waals surface area (Å²) in [4.78, 5) is 11.9. The van der Waals surface area contributed by atoms with E-state index in [2.05, 4.69) is 86.4 Å². The third-order valence-corrected chi connectivity index (χ3v) is 7.27. The van der Waals surface area contributed by atoms with Gasteiger partial charge >= 0.3 is 5.97 Å². The summed E-state index contributed by atoms with van der Waals surface area (Å²) in [6.07, 6.45) is 4.88. The lowest BCUT2D eigenvalue weighted by atomic mass is 9.79. The molecule has 0 aliphatic carbocycles. The molecule has 3 aromatic carbocycles. The zero-order valence-electron chi connectivity index (χ0n) is 23.1. The topological polar surface area (TPSA) is 60.8 Å². The third kappa shape index (κ3) is 6.28. The number of anilines is 1. The molecule has 0 fully saturated rings. The predicted octanol–water partition coefficient (Wildman–Crippen LogP) is 8.07. The van der Waals surface area contributed by atoms with Crippen molar-refractivity contribution in [3.05, 3.63) is 89.0 Å². The lowest BCUT2D eigenvalue weighted by molar-refractivity contribution is -0.136. The first-order valence-corrected chi connectivity index (χ1v) is 13.8. The van der Waals surface area contributed by atoms with Crippen LogP contribution in [0.25, 0.3) is 22.3 Å². The first-order valence-electron chi connectivity index (χ1n) is 12.6. The number of aliphatic hydroxyl groups is 1. The molecule has 196 valence electrons. The molecule has 5 heteroatoms. The monoisotopic (exact) mass is 517 g/mol. The van der Waals surface area contributed by atoms with Gasteiger partial charge in [0.25, 0.3) is 0 Å². The highest BCUT2D eigenvalue weighted by atomic mass is 32.2. The normalized spacial score (nSPS) is 14.3. The molecule has 0 aromatic heterocycles. The number of fused-ring (bicyclic) bond motifs is 3. The average molecular weight is 518 g/mol. The Bertz CT molecular complexity index is 1280. The van der Waals surface area contributed by atoms with E-state index in [0.717, 1.165) is 39.9 Å². The van der Waals surface area contributed by atoms with Crippen molar-refractivity contribution < 1.29 is 15.0 Å². The molecule has 4 rings (SSSR count). The minimum atomic E-state index is -0.810. The van der Waals surface area contributed by atoms with E-state index < -0.39 is 11.6 Å². The Kier molecular flexibility index (Phi) is 8.93. The summed E-state index contributed by atoms with van der Waals surface area (Å²) in [6.45, 7) is 15.5. The molecule has 1 heterocycles. The van der Waals surface area contributed by atoms with Crippen LogP contribution < -0.4 is 4.31 Å². The number of carboxylic acids is 1. The van der Waals surface area contributed by atoms with Crippen molar-refractivity contribution >= 4 is 23.6 Å². The number of aliphatic carboxylic acids is 1. The zero-order valence-corrected chi connectivity index (χ0v) is 23.9. The molecular weight excluding hydrogens is 478 g/mol. The van der Waals surface area contributed by atoms with Gasteiger partial charge in [0.05, 0.1) is 23.8 Å². The maximum absolute atomic E-state index is 11.9. The van der Waals surface area contributed by atoms with Gasteiger partial charge in [-0.05, 0) is 86.9 Å². The summed E-state index contributed by atoms with van der Waals surface area (Å²) in [6, 6.07) is 17.2. The summed E-state index contributed by atoms with van der Waals surface area (Å²) in [5.74, 6) is -0.810. The van der Waals surface area contributed by atoms with Gasteiger partial charge in [0, 0.05) is 11.8 Å². The van der Waals surface area contributed by atoms with Crippen LogP contribution in [-0.4, -0.2) is 28.0 Å². The van der Waals surface area contributed by atoms with Crippen LogP contribution in [0.2, 0.25) is 0 Å². The van der Waals surface area contributed by atoms with E-state index in [1.807, 2.05) is 6.08 Å². The predicted molar refractivity (Wildman–Crippen MR) is 158 cm³/mol. The molecule has 0 spiro atoms. The number of carboxylic acid groups (broad SMARTS) is 1. The maximum atomic E-state index is 11.9. The molecular formula is C32H39NO3S. The minimum absolute atomic E-state index is 0.000837. The average Bonchev–Trinajstić information content (AvgIpc) is 2.82. The Labute approximate surface area is 226 Å². The highest BCUT2D eigenvalue weighted by Gasteiger charge is 2.35. The van der Waals surface area contributed by atoms with Crippen LogP contribution in [-0.2, 0) is 11.2 Å². The van der Waals surface area contributed by atoms with Crippen molar-refractivity contribution in [1.82, 2.24) is 0 Å². The van der Waals surface area contributed by atoms with E-state index in [-0.39, 0.29) is 12.5 Å². The fourth-order valence-corrected chi connectivity index (χ4v) is 5.90. The standard InChI is InChI=1S/C28H29NO2S.C4H10O/c1-6-9-24-21-10-7-8-11-22(21)27-19(4)26(20-14-12-17(2)13-15-20)23(16-25(30)31)18(3)28(27)29(24)32-5;1-4(2,3)5/h6-8,10-15,24H,1,9,16H2,2-5H3,(H,30,31);5H,1-3H3/t24-;/m0./s1. The number of hydrogen-bond acceptors (Lipinski definition) is 4. The van der Waals surface area contributed by atoms with Crippen molar-refractivity contribution in [2.45, 2.75) is 66.0 Å². The molecule has 1 atom stereocenters. The summed E-state index contributed by atoms with van der Waals surface area (Å²) in [5, 5.41) is 18.3. The van der Waals surface area contributed by atoms with Crippen molar-refractivity contribution in [3.63, 3.8) is 0 Å². The molecule has 0 radical (unpaired) electrons. The van der Waals surface area contributed by atoms with Crippen LogP contribution in [0.5, 0.6) is 0 Å². The van der Waals surface area contributed by atoms with Crippen LogP contribution in [0.3, 0.4) is 0 Å². The smallest absolute Gasteiger partial charge is 0.307 e.